The van der Waals surface area contributed by atoms with Gasteiger partial charge in [0.15, 0.2) is 6.61 Å². The van der Waals surface area contributed by atoms with Gasteiger partial charge in [-0.3, -0.25) is 9.59 Å². The fourth-order valence-electron chi connectivity index (χ4n) is 3.32. The number of amides is 2. The third kappa shape index (κ3) is 6.82. The summed E-state index contributed by atoms with van der Waals surface area (Å²) < 4.78 is 10.6. The van der Waals surface area contributed by atoms with E-state index >= 15 is 0 Å². The molecule has 1 atom stereocenters. The van der Waals surface area contributed by atoms with Crippen LogP contribution in [-0.2, 0) is 19.7 Å². The van der Waals surface area contributed by atoms with Crippen LogP contribution in [0.25, 0.3) is 0 Å². The highest BCUT2D eigenvalue weighted by atomic mass is 16.5. The number of methoxy groups -OCH3 is 1. The molecule has 1 unspecified atom stereocenters. The Morgan fingerprint density at radius 2 is 1.86 bits per heavy atom. The van der Waals surface area contributed by atoms with E-state index in [0.717, 1.165) is 12.8 Å². The molecule has 0 bridgehead atoms. The van der Waals surface area contributed by atoms with Crippen LogP contribution in [0, 0.1) is 5.92 Å². The van der Waals surface area contributed by atoms with Gasteiger partial charge < -0.3 is 19.7 Å². The van der Waals surface area contributed by atoms with E-state index in [4.69, 9.17) is 9.47 Å². The minimum Gasteiger partial charge on any atom is -0.484 e. The van der Waals surface area contributed by atoms with E-state index in [9.17, 15) is 9.59 Å². The molecule has 1 fully saturated rings. The predicted molar refractivity (Wildman–Crippen MR) is 109 cm³/mol. The van der Waals surface area contributed by atoms with Gasteiger partial charge in [-0.2, -0.15) is 0 Å². The van der Waals surface area contributed by atoms with Crippen LogP contribution in [0.15, 0.2) is 24.3 Å². The topological polar surface area (TPSA) is 67.9 Å². The van der Waals surface area contributed by atoms with E-state index in [0.29, 0.717) is 38.4 Å². The van der Waals surface area contributed by atoms with Gasteiger partial charge in [-0.1, -0.05) is 32.9 Å². The molecule has 28 heavy (non-hydrogen) atoms. The summed E-state index contributed by atoms with van der Waals surface area (Å²) >= 11 is 0. The summed E-state index contributed by atoms with van der Waals surface area (Å²) in [6, 6.07) is 7.91. The number of carbonyl (C=O) groups is 2. The average Bonchev–Trinajstić information content (AvgIpc) is 2.92. The fraction of sp³-hybridized carbons (Fsp3) is 0.636. The van der Waals surface area contributed by atoms with Gasteiger partial charge in [0.05, 0.1) is 6.61 Å². The first kappa shape index (κ1) is 22.2. The van der Waals surface area contributed by atoms with Crippen LogP contribution in [0.5, 0.6) is 5.75 Å². The molecule has 0 aromatic heterocycles. The van der Waals surface area contributed by atoms with Crippen molar-refractivity contribution in [3.8, 4) is 5.75 Å². The summed E-state index contributed by atoms with van der Waals surface area (Å²) in [5, 5.41) is 2.89. The first-order valence-electron chi connectivity index (χ1n) is 10.1. The molecule has 6 nitrogen and oxygen atoms in total. The summed E-state index contributed by atoms with van der Waals surface area (Å²) in [5.74, 6) is 0.689. The molecule has 2 amide bonds. The Morgan fingerprint density at radius 1 is 1.14 bits per heavy atom. The smallest absolute Gasteiger partial charge is 0.260 e. The molecule has 1 aliphatic rings. The number of hydrogen-bond donors (Lipinski definition) is 1. The molecule has 1 aromatic rings. The Kier molecular flexibility index (Phi) is 8.30. The Bertz CT molecular complexity index is 637. The summed E-state index contributed by atoms with van der Waals surface area (Å²) in [6.07, 6.45) is 2.32. The second kappa shape index (κ2) is 10.5. The zero-order valence-electron chi connectivity index (χ0n) is 17.6. The number of hydrogen-bond acceptors (Lipinski definition) is 4. The van der Waals surface area contributed by atoms with Gasteiger partial charge >= 0.3 is 0 Å². The molecular weight excluding hydrogens is 356 g/mol. The maximum absolute atomic E-state index is 12.5. The first-order valence-corrected chi connectivity index (χ1v) is 10.1. The van der Waals surface area contributed by atoms with Gasteiger partial charge in [0.2, 0.25) is 5.91 Å². The molecular formula is C22H34N2O4. The molecule has 2 rings (SSSR count). The highest BCUT2D eigenvalue weighted by Gasteiger charge is 2.25. The van der Waals surface area contributed by atoms with Crippen molar-refractivity contribution >= 4 is 11.8 Å². The zero-order chi connectivity index (χ0) is 20.6. The third-order valence-corrected chi connectivity index (χ3v) is 5.14. The number of nitrogens with zero attached hydrogens (tertiary/aromatic N) is 1. The average molecular weight is 391 g/mol. The molecule has 0 saturated carbocycles. The van der Waals surface area contributed by atoms with E-state index in [1.54, 1.807) is 7.11 Å². The van der Waals surface area contributed by atoms with E-state index in [1.165, 1.54) is 5.56 Å². The van der Waals surface area contributed by atoms with Crippen LogP contribution in [0.3, 0.4) is 0 Å². The minimum atomic E-state index is -0.0412. The molecule has 1 aromatic carbocycles. The highest BCUT2D eigenvalue weighted by molar-refractivity contribution is 5.80. The van der Waals surface area contributed by atoms with Crippen LogP contribution < -0.4 is 10.1 Å². The number of nitrogens with one attached hydrogen (secondary N) is 1. The molecule has 1 N–H and O–H groups in total. The normalized spacial score (nSPS) is 17.7. The molecule has 1 saturated heterocycles. The lowest BCUT2D eigenvalue weighted by Crippen LogP contribution is -2.37. The molecule has 6 heteroatoms. The van der Waals surface area contributed by atoms with Crippen LogP contribution in [-0.4, -0.2) is 56.7 Å². The lowest BCUT2D eigenvalue weighted by atomic mass is 9.87. The first-order chi connectivity index (χ1) is 13.3. The Labute approximate surface area is 168 Å². The monoisotopic (exact) mass is 390 g/mol. The van der Waals surface area contributed by atoms with Gasteiger partial charge in [0.1, 0.15) is 5.75 Å². The highest BCUT2D eigenvalue weighted by Crippen LogP contribution is 2.24. The molecule has 1 heterocycles. The summed E-state index contributed by atoms with van der Waals surface area (Å²) in [7, 11) is 1.61. The van der Waals surface area contributed by atoms with Gasteiger partial charge in [-0.05, 0) is 42.4 Å². The van der Waals surface area contributed by atoms with E-state index in [2.05, 4.69) is 26.1 Å². The molecule has 156 valence electrons. The maximum atomic E-state index is 12.5. The number of likely N-dealkylation sites (tertiary alicyclic amines) is 1. The lowest BCUT2D eigenvalue weighted by molar-refractivity contribution is -0.133. The number of rotatable bonds is 7. The second-order valence-corrected chi connectivity index (χ2v) is 8.36. The van der Waals surface area contributed by atoms with Gasteiger partial charge in [0, 0.05) is 32.7 Å². The maximum Gasteiger partial charge on any atom is 0.260 e. The zero-order valence-corrected chi connectivity index (χ0v) is 17.6. The van der Waals surface area contributed by atoms with Crippen molar-refractivity contribution in [2.45, 2.75) is 45.4 Å². The second-order valence-electron chi connectivity index (χ2n) is 8.36. The molecule has 1 aliphatic heterocycles. The number of benzene rings is 1. The SMILES string of the molecule is COCCNC(=O)C1CCCN(C(=O)COc2ccc(C(C)(C)C)cc2)CC1. The number of carbonyl (C=O) groups excluding carboxylic acids is 2. The van der Waals surface area contributed by atoms with Crippen molar-refractivity contribution in [2.24, 2.45) is 5.92 Å². The van der Waals surface area contributed by atoms with Gasteiger partial charge in [0.25, 0.3) is 5.91 Å². The van der Waals surface area contributed by atoms with Crippen molar-refractivity contribution in [3.63, 3.8) is 0 Å². The van der Waals surface area contributed by atoms with Crippen LogP contribution in [0.1, 0.15) is 45.6 Å². The van der Waals surface area contributed by atoms with E-state index in [-0.39, 0.29) is 29.8 Å². The van der Waals surface area contributed by atoms with Crippen LogP contribution in [0.2, 0.25) is 0 Å². The van der Waals surface area contributed by atoms with Crippen molar-refractivity contribution in [3.05, 3.63) is 29.8 Å². The largest absolute Gasteiger partial charge is 0.484 e. The quantitative estimate of drug-likeness (QED) is 0.727. The van der Waals surface area contributed by atoms with Crippen molar-refractivity contribution in [1.82, 2.24) is 10.2 Å². The Balaban J connectivity index is 1.79. The van der Waals surface area contributed by atoms with Crippen molar-refractivity contribution in [2.75, 3.05) is 40.0 Å². The molecule has 0 aliphatic carbocycles. The summed E-state index contributed by atoms with van der Waals surface area (Å²) in [5.41, 5.74) is 1.32. The summed E-state index contributed by atoms with van der Waals surface area (Å²) in [6.45, 7) is 8.82. The van der Waals surface area contributed by atoms with Gasteiger partial charge in [-0.15, -0.1) is 0 Å². The Morgan fingerprint density at radius 3 is 2.50 bits per heavy atom. The number of ether oxygens (including phenoxy) is 2. The Hall–Kier alpha value is -2.08. The van der Waals surface area contributed by atoms with Crippen molar-refractivity contribution in [1.29, 1.82) is 0 Å². The fourth-order valence-corrected chi connectivity index (χ4v) is 3.32. The molecule has 0 spiro atoms. The standard InChI is InChI=1S/C22H34N2O4/c1-22(2,3)18-7-9-19(10-8-18)28-16-20(25)24-13-5-6-17(11-14-24)21(26)23-12-15-27-4/h7-10,17H,5-6,11-16H2,1-4H3,(H,23,26). The summed E-state index contributed by atoms with van der Waals surface area (Å²) in [4.78, 5) is 26.5. The molecule has 0 radical (unpaired) electrons. The van der Waals surface area contributed by atoms with Crippen molar-refractivity contribution < 1.29 is 19.1 Å². The van der Waals surface area contributed by atoms with Crippen LogP contribution in [0.4, 0.5) is 0 Å². The minimum absolute atomic E-state index is 0.0273. The predicted octanol–water partition coefficient (Wildman–Crippen LogP) is 2.75. The third-order valence-electron chi connectivity index (χ3n) is 5.14. The van der Waals surface area contributed by atoms with Crippen LogP contribution >= 0.6 is 0 Å². The lowest BCUT2D eigenvalue weighted by Gasteiger charge is -2.21. The van der Waals surface area contributed by atoms with E-state index in [1.807, 2.05) is 29.2 Å². The van der Waals surface area contributed by atoms with E-state index < -0.39 is 0 Å². The van der Waals surface area contributed by atoms with Gasteiger partial charge in [-0.25, -0.2) is 0 Å².